The highest BCUT2D eigenvalue weighted by Crippen LogP contribution is 2.06. The van der Waals surface area contributed by atoms with E-state index in [0.29, 0.717) is 0 Å². The second-order valence-corrected chi connectivity index (χ2v) is 5.19. The normalized spacial score (nSPS) is 14.8. The van der Waals surface area contributed by atoms with Crippen LogP contribution in [0.3, 0.4) is 0 Å². The molecule has 16 heavy (non-hydrogen) atoms. The summed E-state index contributed by atoms with van der Waals surface area (Å²) in [5, 5.41) is 3.23. The Bertz CT molecular complexity index is 416. The largest absolute Gasteiger partial charge is 0.311 e. The van der Waals surface area contributed by atoms with E-state index in [1.165, 1.54) is 0 Å². The Morgan fingerprint density at radius 3 is 3.31 bits per heavy atom. The van der Waals surface area contributed by atoms with Gasteiger partial charge in [-0.1, -0.05) is 6.92 Å². The highest BCUT2D eigenvalue weighted by Gasteiger charge is 2.14. The van der Waals surface area contributed by atoms with Gasteiger partial charge in [0.2, 0.25) is 0 Å². The standard InChI is InChI=1S/C11H17N3OS/c1-2-16-6-5-14-8-13-10-7-12-4-3-9(10)11(14)15/h8,12H,2-7H2,1H3. The SMILES string of the molecule is CCSCCn1cnc2c(c1=O)CCNC2. The van der Waals surface area contributed by atoms with Gasteiger partial charge in [-0.3, -0.25) is 9.36 Å². The summed E-state index contributed by atoms with van der Waals surface area (Å²) in [7, 11) is 0. The summed E-state index contributed by atoms with van der Waals surface area (Å²) < 4.78 is 1.74. The fourth-order valence-corrected chi connectivity index (χ4v) is 2.47. The van der Waals surface area contributed by atoms with Crippen LogP contribution in [-0.2, 0) is 19.5 Å². The minimum Gasteiger partial charge on any atom is -0.311 e. The molecule has 0 fully saturated rings. The van der Waals surface area contributed by atoms with Gasteiger partial charge in [0, 0.05) is 24.4 Å². The molecule has 5 heteroatoms. The zero-order valence-corrected chi connectivity index (χ0v) is 10.3. The van der Waals surface area contributed by atoms with Crippen molar-refractivity contribution < 1.29 is 0 Å². The summed E-state index contributed by atoms with van der Waals surface area (Å²) in [4.78, 5) is 16.4. The van der Waals surface area contributed by atoms with Crippen molar-refractivity contribution in [1.82, 2.24) is 14.9 Å². The zero-order chi connectivity index (χ0) is 11.4. The number of nitrogens with one attached hydrogen (secondary N) is 1. The van der Waals surface area contributed by atoms with Crippen molar-refractivity contribution in [2.45, 2.75) is 26.4 Å². The van der Waals surface area contributed by atoms with Crippen LogP contribution < -0.4 is 10.9 Å². The van der Waals surface area contributed by atoms with E-state index >= 15 is 0 Å². The number of rotatable bonds is 4. The van der Waals surface area contributed by atoms with E-state index < -0.39 is 0 Å². The number of aryl methyl sites for hydroxylation is 1. The smallest absolute Gasteiger partial charge is 0.256 e. The maximum absolute atomic E-state index is 12.1. The van der Waals surface area contributed by atoms with E-state index in [1.807, 2.05) is 11.8 Å². The first-order valence-corrected chi connectivity index (χ1v) is 6.84. The monoisotopic (exact) mass is 239 g/mol. The minimum absolute atomic E-state index is 0.156. The molecule has 1 aliphatic rings. The van der Waals surface area contributed by atoms with Gasteiger partial charge in [0.15, 0.2) is 0 Å². The van der Waals surface area contributed by atoms with Crippen LogP contribution in [0.15, 0.2) is 11.1 Å². The van der Waals surface area contributed by atoms with Crippen molar-refractivity contribution in [3.63, 3.8) is 0 Å². The van der Waals surface area contributed by atoms with Gasteiger partial charge in [-0.15, -0.1) is 0 Å². The van der Waals surface area contributed by atoms with Crippen molar-refractivity contribution in [3.05, 3.63) is 27.9 Å². The summed E-state index contributed by atoms with van der Waals surface area (Å²) in [5.41, 5.74) is 1.99. The average Bonchev–Trinajstić information content (AvgIpc) is 2.33. The fraction of sp³-hybridized carbons (Fsp3) is 0.636. The Morgan fingerprint density at radius 1 is 1.62 bits per heavy atom. The van der Waals surface area contributed by atoms with Gasteiger partial charge >= 0.3 is 0 Å². The number of aromatic nitrogens is 2. The Balaban J connectivity index is 2.17. The van der Waals surface area contributed by atoms with E-state index in [-0.39, 0.29) is 5.56 Å². The molecule has 1 aromatic heterocycles. The molecular weight excluding hydrogens is 222 g/mol. The number of hydrogen-bond acceptors (Lipinski definition) is 4. The lowest BCUT2D eigenvalue weighted by Gasteiger charge is -2.16. The lowest BCUT2D eigenvalue weighted by atomic mass is 10.1. The van der Waals surface area contributed by atoms with Gasteiger partial charge in [0.1, 0.15) is 0 Å². The Hall–Kier alpha value is -0.810. The van der Waals surface area contributed by atoms with Crippen molar-refractivity contribution in [2.24, 2.45) is 0 Å². The van der Waals surface area contributed by atoms with E-state index in [9.17, 15) is 4.79 Å². The topological polar surface area (TPSA) is 46.9 Å². The maximum atomic E-state index is 12.1. The molecule has 4 nitrogen and oxygen atoms in total. The van der Waals surface area contributed by atoms with Crippen LogP contribution >= 0.6 is 11.8 Å². The van der Waals surface area contributed by atoms with Crippen molar-refractivity contribution in [2.75, 3.05) is 18.1 Å². The highest BCUT2D eigenvalue weighted by atomic mass is 32.2. The Kier molecular flexibility index (Phi) is 4.01. The molecule has 0 saturated heterocycles. The van der Waals surface area contributed by atoms with Crippen LogP contribution in [0.5, 0.6) is 0 Å². The number of hydrogen-bond donors (Lipinski definition) is 1. The Morgan fingerprint density at radius 2 is 2.50 bits per heavy atom. The lowest BCUT2D eigenvalue weighted by molar-refractivity contribution is 0.593. The number of nitrogens with zero attached hydrogens (tertiary/aromatic N) is 2. The molecule has 0 atom stereocenters. The first-order valence-electron chi connectivity index (χ1n) is 5.68. The summed E-state index contributed by atoms with van der Waals surface area (Å²) in [6.07, 6.45) is 2.49. The van der Waals surface area contributed by atoms with Crippen LogP contribution in [-0.4, -0.2) is 27.6 Å². The number of fused-ring (bicyclic) bond motifs is 1. The second kappa shape index (κ2) is 5.50. The summed E-state index contributed by atoms with van der Waals surface area (Å²) in [5.74, 6) is 2.08. The second-order valence-electron chi connectivity index (χ2n) is 3.79. The van der Waals surface area contributed by atoms with Crippen molar-refractivity contribution in [3.8, 4) is 0 Å². The molecule has 88 valence electrons. The third kappa shape index (κ3) is 2.47. The molecule has 0 unspecified atom stereocenters. The van der Waals surface area contributed by atoms with E-state index in [2.05, 4.69) is 17.2 Å². The summed E-state index contributed by atoms with van der Waals surface area (Å²) in [6.45, 7) is 4.52. The maximum Gasteiger partial charge on any atom is 0.256 e. The molecule has 1 N–H and O–H groups in total. The van der Waals surface area contributed by atoms with Crippen LogP contribution in [0.4, 0.5) is 0 Å². The molecule has 1 aliphatic heterocycles. The molecule has 1 aromatic rings. The predicted molar refractivity (Wildman–Crippen MR) is 66.9 cm³/mol. The lowest BCUT2D eigenvalue weighted by Crippen LogP contribution is -2.34. The van der Waals surface area contributed by atoms with Gasteiger partial charge < -0.3 is 5.32 Å². The van der Waals surface area contributed by atoms with Crippen molar-refractivity contribution in [1.29, 1.82) is 0 Å². The molecule has 0 spiro atoms. The highest BCUT2D eigenvalue weighted by molar-refractivity contribution is 7.99. The molecular formula is C11H17N3OS. The molecule has 2 rings (SSSR count). The van der Waals surface area contributed by atoms with Crippen molar-refractivity contribution >= 4 is 11.8 Å². The zero-order valence-electron chi connectivity index (χ0n) is 9.53. The molecule has 2 heterocycles. The molecule has 0 amide bonds. The molecule has 0 saturated carbocycles. The Labute approximate surface area is 99.5 Å². The van der Waals surface area contributed by atoms with E-state index in [0.717, 1.165) is 48.8 Å². The molecule has 0 aliphatic carbocycles. The molecule has 0 bridgehead atoms. The van der Waals surface area contributed by atoms with Crippen LogP contribution in [0.25, 0.3) is 0 Å². The first-order chi connectivity index (χ1) is 7.83. The van der Waals surface area contributed by atoms with Crippen LogP contribution in [0.1, 0.15) is 18.2 Å². The first kappa shape index (κ1) is 11.7. The number of thioether (sulfide) groups is 1. The van der Waals surface area contributed by atoms with Gasteiger partial charge in [-0.2, -0.15) is 11.8 Å². The predicted octanol–water partition coefficient (Wildman–Crippen LogP) is 0.642. The van der Waals surface area contributed by atoms with Gasteiger partial charge in [0.25, 0.3) is 5.56 Å². The van der Waals surface area contributed by atoms with Gasteiger partial charge in [-0.25, -0.2) is 4.98 Å². The third-order valence-corrected chi connectivity index (χ3v) is 3.62. The van der Waals surface area contributed by atoms with E-state index in [4.69, 9.17) is 0 Å². The molecule has 0 aromatic carbocycles. The van der Waals surface area contributed by atoms with E-state index in [1.54, 1.807) is 10.9 Å². The van der Waals surface area contributed by atoms with Crippen LogP contribution in [0.2, 0.25) is 0 Å². The van der Waals surface area contributed by atoms with Gasteiger partial charge in [-0.05, 0) is 18.7 Å². The third-order valence-electron chi connectivity index (χ3n) is 2.75. The van der Waals surface area contributed by atoms with Gasteiger partial charge in [0.05, 0.1) is 12.0 Å². The quantitative estimate of drug-likeness (QED) is 0.783. The fourth-order valence-electron chi connectivity index (χ4n) is 1.86. The van der Waals surface area contributed by atoms with Crippen LogP contribution in [0, 0.1) is 0 Å². The molecule has 0 radical (unpaired) electrons. The summed E-state index contributed by atoms with van der Waals surface area (Å²) in [6, 6.07) is 0. The summed E-state index contributed by atoms with van der Waals surface area (Å²) >= 11 is 1.85. The minimum atomic E-state index is 0.156. The average molecular weight is 239 g/mol.